The van der Waals surface area contributed by atoms with Crippen molar-refractivity contribution in [2.75, 3.05) is 5.73 Å². The van der Waals surface area contributed by atoms with Crippen molar-refractivity contribution < 1.29 is 8.78 Å². The van der Waals surface area contributed by atoms with Crippen LogP contribution in [0.2, 0.25) is 0 Å². The molecular formula is C12H8F2N4. The van der Waals surface area contributed by atoms with Crippen LogP contribution in [0, 0.1) is 11.6 Å². The summed E-state index contributed by atoms with van der Waals surface area (Å²) in [5, 5.41) is 4.87. The third-order valence-corrected chi connectivity index (χ3v) is 2.62. The lowest BCUT2D eigenvalue weighted by molar-refractivity contribution is 0.566. The van der Waals surface area contributed by atoms with Gasteiger partial charge >= 0.3 is 0 Å². The molecule has 18 heavy (non-hydrogen) atoms. The molecular weight excluding hydrogens is 238 g/mol. The first-order chi connectivity index (χ1) is 8.66. The van der Waals surface area contributed by atoms with E-state index in [2.05, 4.69) is 10.1 Å². The maximum absolute atomic E-state index is 13.7. The minimum Gasteiger partial charge on any atom is -0.381 e. The average molecular weight is 246 g/mol. The zero-order chi connectivity index (χ0) is 12.7. The summed E-state index contributed by atoms with van der Waals surface area (Å²) >= 11 is 0. The molecule has 2 aromatic heterocycles. The van der Waals surface area contributed by atoms with Crippen molar-refractivity contribution in [2.45, 2.75) is 0 Å². The van der Waals surface area contributed by atoms with E-state index in [-0.39, 0.29) is 11.6 Å². The van der Waals surface area contributed by atoms with Gasteiger partial charge in [-0.05, 0) is 6.07 Å². The van der Waals surface area contributed by atoms with E-state index in [1.807, 2.05) is 12.1 Å². The highest BCUT2D eigenvalue weighted by molar-refractivity contribution is 5.79. The Morgan fingerprint density at radius 1 is 1.11 bits per heavy atom. The van der Waals surface area contributed by atoms with Crippen molar-refractivity contribution in [1.82, 2.24) is 14.8 Å². The van der Waals surface area contributed by atoms with Crippen LogP contribution >= 0.6 is 0 Å². The van der Waals surface area contributed by atoms with E-state index in [0.717, 1.165) is 5.39 Å². The van der Waals surface area contributed by atoms with Gasteiger partial charge in [-0.25, -0.2) is 18.4 Å². The van der Waals surface area contributed by atoms with Crippen LogP contribution in [0.1, 0.15) is 0 Å². The van der Waals surface area contributed by atoms with Gasteiger partial charge in [0.15, 0.2) is 23.3 Å². The van der Waals surface area contributed by atoms with E-state index in [1.165, 1.54) is 4.68 Å². The Morgan fingerprint density at radius 3 is 2.72 bits per heavy atom. The van der Waals surface area contributed by atoms with E-state index in [4.69, 9.17) is 5.73 Å². The van der Waals surface area contributed by atoms with E-state index >= 15 is 0 Å². The maximum atomic E-state index is 13.7. The number of halogens is 2. The van der Waals surface area contributed by atoms with Crippen LogP contribution in [0.5, 0.6) is 0 Å². The summed E-state index contributed by atoms with van der Waals surface area (Å²) in [4.78, 5) is 3.69. The number of pyridine rings is 1. The van der Waals surface area contributed by atoms with Crippen LogP contribution in [0.25, 0.3) is 16.7 Å². The molecule has 0 saturated carbocycles. The molecule has 0 bridgehead atoms. The number of para-hydroxylation sites is 1. The first kappa shape index (κ1) is 10.6. The fraction of sp³-hybridized carbons (Fsp3) is 0. The van der Waals surface area contributed by atoms with E-state index in [9.17, 15) is 8.78 Å². The second-order valence-electron chi connectivity index (χ2n) is 3.78. The third-order valence-electron chi connectivity index (χ3n) is 2.62. The van der Waals surface area contributed by atoms with Gasteiger partial charge in [0.2, 0.25) is 0 Å². The smallest absolute Gasteiger partial charge is 0.192 e. The fourth-order valence-electron chi connectivity index (χ4n) is 1.76. The summed E-state index contributed by atoms with van der Waals surface area (Å²) in [6.07, 6.45) is 1.58. The predicted octanol–water partition coefficient (Wildman–Crippen LogP) is 2.28. The van der Waals surface area contributed by atoms with Gasteiger partial charge in [0.25, 0.3) is 0 Å². The minimum absolute atomic E-state index is 0.116. The summed E-state index contributed by atoms with van der Waals surface area (Å²) in [6, 6.07) is 7.95. The number of anilines is 1. The highest BCUT2D eigenvalue weighted by Crippen LogP contribution is 2.20. The van der Waals surface area contributed by atoms with Gasteiger partial charge in [-0.15, -0.1) is 0 Å². The number of nitrogen functional groups attached to an aromatic ring is 1. The van der Waals surface area contributed by atoms with Gasteiger partial charge in [0.1, 0.15) is 0 Å². The van der Waals surface area contributed by atoms with Crippen LogP contribution < -0.4 is 5.73 Å². The number of benzene rings is 1. The Kier molecular flexibility index (Phi) is 2.22. The lowest BCUT2D eigenvalue weighted by Gasteiger charge is -2.05. The second kappa shape index (κ2) is 3.76. The summed E-state index contributed by atoms with van der Waals surface area (Å²) in [5.74, 6) is -2.16. The molecule has 1 aromatic carbocycles. The normalized spacial score (nSPS) is 11.0. The first-order valence-corrected chi connectivity index (χ1v) is 5.21. The molecule has 0 saturated heterocycles. The lowest BCUT2D eigenvalue weighted by atomic mass is 10.2. The highest BCUT2D eigenvalue weighted by Gasteiger charge is 2.14. The Morgan fingerprint density at radius 2 is 1.89 bits per heavy atom. The van der Waals surface area contributed by atoms with Gasteiger partial charge < -0.3 is 5.73 Å². The molecule has 0 aliphatic heterocycles. The SMILES string of the molecule is Nc1nc(-n2ncc3ccccc32)c(F)cc1F. The fourth-order valence-corrected chi connectivity index (χ4v) is 1.76. The topological polar surface area (TPSA) is 56.7 Å². The lowest BCUT2D eigenvalue weighted by Crippen LogP contribution is -2.07. The van der Waals surface area contributed by atoms with E-state index < -0.39 is 11.6 Å². The first-order valence-electron chi connectivity index (χ1n) is 5.21. The molecule has 0 atom stereocenters. The number of rotatable bonds is 1. The zero-order valence-corrected chi connectivity index (χ0v) is 9.14. The van der Waals surface area contributed by atoms with Gasteiger partial charge in [-0.3, -0.25) is 0 Å². The summed E-state index contributed by atoms with van der Waals surface area (Å²) in [5.41, 5.74) is 6.02. The van der Waals surface area contributed by atoms with Crippen LogP contribution in [-0.2, 0) is 0 Å². The molecule has 0 spiro atoms. The number of hydrogen-bond donors (Lipinski definition) is 1. The number of aromatic nitrogens is 3. The number of nitrogens with zero attached hydrogens (tertiary/aromatic N) is 3. The molecule has 2 N–H and O–H groups in total. The molecule has 2 heterocycles. The maximum Gasteiger partial charge on any atom is 0.192 e. The molecule has 0 aliphatic carbocycles. The largest absolute Gasteiger partial charge is 0.381 e. The van der Waals surface area contributed by atoms with Crippen LogP contribution in [0.4, 0.5) is 14.6 Å². The number of fused-ring (bicyclic) bond motifs is 1. The third kappa shape index (κ3) is 1.50. The van der Waals surface area contributed by atoms with Crippen molar-refractivity contribution in [1.29, 1.82) is 0 Å². The molecule has 6 heteroatoms. The van der Waals surface area contributed by atoms with Crippen molar-refractivity contribution in [3.8, 4) is 5.82 Å². The average Bonchev–Trinajstić information content (AvgIpc) is 2.78. The van der Waals surface area contributed by atoms with Crippen molar-refractivity contribution in [3.05, 3.63) is 48.2 Å². The summed E-state index contributed by atoms with van der Waals surface area (Å²) in [6.45, 7) is 0. The zero-order valence-electron chi connectivity index (χ0n) is 9.14. The van der Waals surface area contributed by atoms with Crippen molar-refractivity contribution >= 4 is 16.7 Å². The quantitative estimate of drug-likeness (QED) is 0.716. The van der Waals surface area contributed by atoms with Gasteiger partial charge in [0.05, 0.1) is 11.7 Å². The van der Waals surface area contributed by atoms with E-state index in [0.29, 0.717) is 11.6 Å². The summed E-state index contributed by atoms with van der Waals surface area (Å²) < 4.78 is 28.1. The standard InChI is InChI=1S/C12H8F2N4/c13-8-5-9(14)12(17-11(8)15)18-10-4-2-1-3-7(10)6-16-18/h1-6H,(H2,15,17). The Labute approximate surface area is 101 Å². The molecule has 0 radical (unpaired) electrons. The predicted molar refractivity (Wildman–Crippen MR) is 63.2 cm³/mol. The van der Waals surface area contributed by atoms with Crippen LogP contribution in [-0.4, -0.2) is 14.8 Å². The van der Waals surface area contributed by atoms with Gasteiger partial charge in [0, 0.05) is 11.5 Å². The molecule has 90 valence electrons. The number of nitrogens with two attached hydrogens (primary N) is 1. The Hall–Kier alpha value is -2.50. The molecule has 0 aliphatic rings. The van der Waals surface area contributed by atoms with Crippen LogP contribution in [0.15, 0.2) is 36.5 Å². The molecule has 3 rings (SSSR count). The Bertz CT molecular complexity index is 736. The minimum atomic E-state index is -0.882. The molecule has 3 aromatic rings. The summed E-state index contributed by atoms with van der Waals surface area (Å²) in [7, 11) is 0. The molecule has 4 nitrogen and oxygen atoms in total. The van der Waals surface area contributed by atoms with Gasteiger partial charge in [-0.2, -0.15) is 5.10 Å². The van der Waals surface area contributed by atoms with Crippen LogP contribution in [0.3, 0.4) is 0 Å². The Balaban J connectivity index is 2.29. The van der Waals surface area contributed by atoms with E-state index in [1.54, 1.807) is 18.3 Å². The highest BCUT2D eigenvalue weighted by atomic mass is 19.1. The molecule has 0 amide bonds. The second-order valence-corrected chi connectivity index (χ2v) is 3.78. The van der Waals surface area contributed by atoms with Crippen molar-refractivity contribution in [3.63, 3.8) is 0 Å². The monoisotopic (exact) mass is 246 g/mol. The van der Waals surface area contributed by atoms with Crippen molar-refractivity contribution in [2.24, 2.45) is 0 Å². The van der Waals surface area contributed by atoms with Gasteiger partial charge in [-0.1, -0.05) is 18.2 Å². The molecule has 0 fully saturated rings. The number of hydrogen-bond acceptors (Lipinski definition) is 3. The molecule has 0 unspecified atom stereocenters.